The Balaban J connectivity index is 1.98. The van der Waals surface area contributed by atoms with Crippen molar-refractivity contribution < 1.29 is 23.2 Å². The summed E-state index contributed by atoms with van der Waals surface area (Å²) < 4.78 is 39.2. The van der Waals surface area contributed by atoms with E-state index in [1.54, 1.807) is 12.1 Å². The van der Waals surface area contributed by atoms with Crippen LogP contribution in [-0.4, -0.2) is 21.1 Å². The van der Waals surface area contributed by atoms with Crippen molar-refractivity contribution in [2.75, 3.05) is 5.32 Å². The van der Waals surface area contributed by atoms with Crippen molar-refractivity contribution >= 4 is 28.6 Å². The van der Waals surface area contributed by atoms with E-state index < -0.39 is 17.6 Å². The summed E-state index contributed by atoms with van der Waals surface area (Å²) >= 11 is 0. The maximum absolute atomic E-state index is 13.1. The number of terminal acetylenes is 1. The molecule has 1 heterocycles. The van der Waals surface area contributed by atoms with Gasteiger partial charge >= 0.3 is 6.18 Å². The summed E-state index contributed by atoms with van der Waals surface area (Å²) in [6, 6.07) is 8.17. The molecule has 2 aromatic carbocycles. The van der Waals surface area contributed by atoms with Crippen molar-refractivity contribution in [2.45, 2.75) is 6.18 Å². The number of alkyl halides is 3. The molecule has 132 valence electrons. The minimum absolute atomic E-state index is 0.0862. The predicted octanol–water partition coefficient (Wildman–Crippen LogP) is 3.43. The summed E-state index contributed by atoms with van der Waals surface area (Å²) in [4.78, 5) is 18.3. The number of halogens is 3. The van der Waals surface area contributed by atoms with E-state index in [2.05, 4.69) is 15.3 Å². The molecule has 1 aromatic heterocycles. The van der Waals surface area contributed by atoms with Crippen LogP contribution in [-0.2, 0) is 6.18 Å². The molecule has 26 heavy (non-hydrogen) atoms. The van der Waals surface area contributed by atoms with Crippen LogP contribution < -0.4 is 10.8 Å². The Kier molecular flexibility index (Phi) is 4.28. The zero-order chi connectivity index (χ0) is 18.9. The third-order valence-electron chi connectivity index (χ3n) is 3.57. The van der Waals surface area contributed by atoms with Gasteiger partial charge in [-0.1, -0.05) is 12.0 Å². The van der Waals surface area contributed by atoms with E-state index in [-0.39, 0.29) is 22.6 Å². The molecule has 0 aliphatic rings. The molecule has 0 saturated carbocycles. The normalized spacial score (nSPS) is 11.2. The number of hydrogen-bond donors (Lipinski definition) is 4. The van der Waals surface area contributed by atoms with Gasteiger partial charge in [0.15, 0.2) is 0 Å². The molecule has 0 radical (unpaired) electrons. The maximum atomic E-state index is 13.1. The number of H-pyrrole nitrogens is 1. The highest BCUT2D eigenvalue weighted by Crippen LogP contribution is 2.34. The van der Waals surface area contributed by atoms with E-state index in [1.165, 1.54) is 23.7 Å². The van der Waals surface area contributed by atoms with Crippen LogP contribution in [0.4, 0.5) is 24.8 Å². The lowest BCUT2D eigenvalue weighted by molar-refractivity contribution is -0.137. The Morgan fingerprint density at radius 1 is 1.27 bits per heavy atom. The smallest absolute Gasteiger partial charge is 0.326 e. The van der Waals surface area contributed by atoms with Crippen molar-refractivity contribution in [1.29, 1.82) is 0 Å². The quantitative estimate of drug-likeness (QED) is 0.327. The maximum Gasteiger partial charge on any atom is 0.417 e. The van der Waals surface area contributed by atoms with Crippen molar-refractivity contribution in [3.8, 4) is 12.3 Å². The second-order valence-corrected chi connectivity index (χ2v) is 5.29. The molecule has 0 saturated heterocycles. The van der Waals surface area contributed by atoms with Crippen molar-refractivity contribution in [2.24, 2.45) is 0 Å². The van der Waals surface area contributed by atoms with Crippen LogP contribution in [0, 0.1) is 12.3 Å². The highest BCUT2D eigenvalue weighted by molar-refractivity contribution is 5.94. The summed E-state index contributed by atoms with van der Waals surface area (Å²) in [6.45, 7) is 0. The lowest BCUT2D eigenvalue weighted by atomic mass is 10.1. The summed E-state index contributed by atoms with van der Waals surface area (Å²) in [5.41, 5.74) is 1.33. The molecule has 4 N–H and O–H groups in total. The number of aromatic nitrogens is 2. The van der Waals surface area contributed by atoms with Gasteiger partial charge in [-0.3, -0.25) is 10.0 Å². The minimum Gasteiger partial charge on any atom is -0.326 e. The van der Waals surface area contributed by atoms with Crippen LogP contribution in [0.25, 0.3) is 11.0 Å². The summed E-state index contributed by atoms with van der Waals surface area (Å²) in [5.74, 6) is 1.49. The number of hydrogen-bond acceptors (Lipinski definition) is 4. The molecule has 0 fully saturated rings. The van der Waals surface area contributed by atoms with E-state index in [0.29, 0.717) is 11.2 Å². The fraction of sp³-hybridized carbons (Fsp3) is 0.0588. The topological polar surface area (TPSA) is 90.0 Å². The van der Waals surface area contributed by atoms with Gasteiger partial charge < -0.3 is 10.3 Å². The van der Waals surface area contributed by atoms with E-state index in [9.17, 15) is 18.0 Å². The van der Waals surface area contributed by atoms with Gasteiger partial charge in [-0.05, 0) is 30.3 Å². The number of carbonyl (C=O) groups is 1. The van der Waals surface area contributed by atoms with Crippen molar-refractivity contribution in [1.82, 2.24) is 15.4 Å². The van der Waals surface area contributed by atoms with Gasteiger partial charge in [-0.2, -0.15) is 13.2 Å². The van der Waals surface area contributed by atoms with Crippen LogP contribution >= 0.6 is 0 Å². The summed E-state index contributed by atoms with van der Waals surface area (Å²) in [6.07, 6.45) is 0.580. The van der Waals surface area contributed by atoms with Crippen LogP contribution in [0.5, 0.6) is 0 Å². The minimum atomic E-state index is -4.59. The highest BCUT2D eigenvalue weighted by Gasteiger charge is 2.33. The number of aromatic amines is 1. The molecule has 0 bridgehead atoms. The van der Waals surface area contributed by atoms with Crippen LogP contribution in [0.1, 0.15) is 21.5 Å². The molecule has 0 aliphatic heterocycles. The molecule has 1 amide bonds. The highest BCUT2D eigenvalue weighted by atomic mass is 19.4. The monoisotopic (exact) mass is 360 g/mol. The van der Waals surface area contributed by atoms with Crippen LogP contribution in [0.2, 0.25) is 0 Å². The number of carbonyl (C=O) groups excluding carboxylic acids is 1. The van der Waals surface area contributed by atoms with Gasteiger partial charge in [0.2, 0.25) is 5.95 Å². The van der Waals surface area contributed by atoms with E-state index in [4.69, 9.17) is 11.6 Å². The largest absolute Gasteiger partial charge is 0.417 e. The number of amides is 1. The summed E-state index contributed by atoms with van der Waals surface area (Å²) in [5, 5.41) is 11.5. The molecular weight excluding hydrogens is 349 g/mol. The first-order valence-electron chi connectivity index (χ1n) is 7.21. The average molecular weight is 360 g/mol. The number of nitrogens with zero attached hydrogens (tertiary/aromatic N) is 1. The number of imidazole rings is 1. The first-order chi connectivity index (χ1) is 12.3. The van der Waals surface area contributed by atoms with Gasteiger partial charge in [0.25, 0.3) is 5.91 Å². The Hall–Kier alpha value is -3.51. The first-order valence-corrected chi connectivity index (χ1v) is 7.21. The predicted molar refractivity (Wildman–Crippen MR) is 88.0 cm³/mol. The molecule has 0 atom stereocenters. The molecule has 0 spiro atoms. The fourth-order valence-electron chi connectivity index (χ4n) is 2.41. The number of anilines is 2. The van der Waals surface area contributed by atoms with Crippen molar-refractivity contribution in [3.05, 3.63) is 53.1 Å². The van der Waals surface area contributed by atoms with E-state index in [1.807, 2.05) is 5.92 Å². The Morgan fingerprint density at radius 2 is 2.04 bits per heavy atom. The third-order valence-corrected chi connectivity index (χ3v) is 3.57. The SMILES string of the molecule is C#Cc1cc2[nH]c(Nc3cccc(C(=O)NO)c3)nc2cc1C(F)(F)F. The molecule has 3 aromatic rings. The Morgan fingerprint density at radius 3 is 2.69 bits per heavy atom. The second-order valence-electron chi connectivity index (χ2n) is 5.29. The molecule has 0 unspecified atom stereocenters. The molecular formula is C17H11F3N4O2. The zero-order valence-corrected chi connectivity index (χ0v) is 13.0. The van der Waals surface area contributed by atoms with Gasteiger partial charge in [0.1, 0.15) is 0 Å². The second kappa shape index (κ2) is 6.42. The molecule has 3 rings (SSSR count). The standard InChI is InChI=1S/C17H11F3N4O2/c1-2-9-7-13-14(8-12(9)17(18,19)20)23-16(22-13)21-11-5-3-4-10(6-11)15(25)24-26/h1,3-8,26H,(H,24,25)(H2,21,22,23). The van der Waals surface area contributed by atoms with Gasteiger partial charge in [0.05, 0.1) is 16.6 Å². The molecule has 9 heteroatoms. The number of fused-ring (bicyclic) bond motifs is 1. The average Bonchev–Trinajstić information content (AvgIpc) is 3.00. The van der Waals surface area contributed by atoms with Gasteiger partial charge in [-0.15, -0.1) is 6.42 Å². The number of rotatable bonds is 3. The lowest BCUT2D eigenvalue weighted by Gasteiger charge is -2.08. The third kappa shape index (κ3) is 3.31. The van der Waals surface area contributed by atoms with Crippen molar-refractivity contribution in [3.63, 3.8) is 0 Å². The van der Waals surface area contributed by atoms with E-state index in [0.717, 1.165) is 6.07 Å². The molecule has 6 nitrogen and oxygen atoms in total. The number of benzene rings is 2. The fourth-order valence-corrected chi connectivity index (χ4v) is 2.41. The van der Waals surface area contributed by atoms with Gasteiger partial charge in [0, 0.05) is 16.8 Å². The molecule has 0 aliphatic carbocycles. The van der Waals surface area contributed by atoms with Crippen LogP contribution in [0.3, 0.4) is 0 Å². The summed E-state index contributed by atoms with van der Waals surface area (Å²) in [7, 11) is 0. The van der Waals surface area contributed by atoms with Gasteiger partial charge in [-0.25, -0.2) is 10.5 Å². The van der Waals surface area contributed by atoms with Crippen LogP contribution in [0.15, 0.2) is 36.4 Å². The number of nitrogens with one attached hydrogen (secondary N) is 3. The number of hydroxylamine groups is 1. The Bertz CT molecular complexity index is 1030. The zero-order valence-electron chi connectivity index (χ0n) is 13.0. The Labute approximate surface area is 145 Å². The first kappa shape index (κ1) is 17.3. The lowest BCUT2D eigenvalue weighted by Crippen LogP contribution is -2.18. The van der Waals surface area contributed by atoms with E-state index >= 15 is 0 Å².